The Kier molecular flexibility index (Phi) is 5.72. The third-order valence-corrected chi connectivity index (χ3v) is 5.81. The van der Waals surface area contributed by atoms with Gasteiger partial charge in [0.15, 0.2) is 0 Å². The maximum atomic E-state index is 11.0. The number of hydrogen-bond acceptors (Lipinski definition) is 3. The maximum absolute atomic E-state index is 11.0. The molecule has 1 saturated heterocycles. The van der Waals surface area contributed by atoms with Gasteiger partial charge >= 0.3 is 5.97 Å². The summed E-state index contributed by atoms with van der Waals surface area (Å²) >= 11 is 0. The number of nitrogens with zero attached hydrogens (tertiary/aromatic N) is 2. The number of pyridine rings is 1. The van der Waals surface area contributed by atoms with Gasteiger partial charge in [-0.1, -0.05) is 43.3 Å². The lowest BCUT2D eigenvalue weighted by Gasteiger charge is -2.17. The lowest BCUT2D eigenvalue weighted by molar-refractivity contribution is 0.0697. The highest BCUT2D eigenvalue weighted by molar-refractivity contribution is 5.87. The molecule has 0 radical (unpaired) electrons. The van der Waals surface area contributed by atoms with E-state index in [2.05, 4.69) is 53.2 Å². The Balaban J connectivity index is 1.46. The zero-order valence-corrected chi connectivity index (χ0v) is 16.7. The van der Waals surface area contributed by atoms with Crippen molar-refractivity contribution in [2.24, 2.45) is 0 Å². The molecule has 3 aromatic rings. The van der Waals surface area contributed by atoms with Crippen LogP contribution >= 0.6 is 0 Å². The molecule has 4 rings (SSSR count). The first-order chi connectivity index (χ1) is 14.1. The Morgan fingerprint density at radius 2 is 1.93 bits per heavy atom. The fourth-order valence-corrected chi connectivity index (χ4v) is 4.19. The second kappa shape index (κ2) is 8.58. The molecule has 1 fully saturated rings. The van der Waals surface area contributed by atoms with E-state index in [9.17, 15) is 4.79 Å². The molecule has 0 amide bonds. The predicted molar refractivity (Wildman–Crippen MR) is 115 cm³/mol. The van der Waals surface area contributed by atoms with Crippen molar-refractivity contribution in [2.45, 2.75) is 32.2 Å². The number of rotatable bonds is 6. The zero-order chi connectivity index (χ0) is 20.2. The van der Waals surface area contributed by atoms with Crippen molar-refractivity contribution >= 4 is 5.97 Å². The molecule has 1 atom stereocenters. The standard InChI is InChI=1S/C25H26N2O2/c1-2-19-5-3-4-6-23(19)24-15-21(11-13-26-24)22-12-14-27(17-22)16-18-7-9-20(10-8-18)25(28)29/h3-11,13,15,22H,2,12,14,16-17H2,1H3,(H,28,29)/t22-/m1/s1. The van der Waals surface area contributed by atoms with E-state index < -0.39 is 5.97 Å². The Hall–Kier alpha value is -2.98. The first-order valence-corrected chi connectivity index (χ1v) is 10.2. The number of likely N-dealkylation sites (tertiary alicyclic amines) is 1. The van der Waals surface area contributed by atoms with E-state index >= 15 is 0 Å². The topological polar surface area (TPSA) is 53.4 Å². The first kappa shape index (κ1) is 19.3. The minimum atomic E-state index is -0.879. The molecule has 2 heterocycles. The smallest absolute Gasteiger partial charge is 0.335 e. The van der Waals surface area contributed by atoms with Gasteiger partial charge in [-0.05, 0) is 66.3 Å². The second-order valence-electron chi connectivity index (χ2n) is 7.71. The van der Waals surface area contributed by atoms with Crippen LogP contribution in [0.25, 0.3) is 11.3 Å². The van der Waals surface area contributed by atoms with E-state index in [0.29, 0.717) is 11.5 Å². The third-order valence-electron chi connectivity index (χ3n) is 5.81. The van der Waals surface area contributed by atoms with Crippen molar-refractivity contribution in [3.63, 3.8) is 0 Å². The summed E-state index contributed by atoms with van der Waals surface area (Å²) in [5, 5.41) is 9.04. The highest BCUT2D eigenvalue weighted by Gasteiger charge is 2.24. The molecule has 2 aromatic carbocycles. The average molecular weight is 386 g/mol. The van der Waals surface area contributed by atoms with Gasteiger partial charge in [0.2, 0.25) is 0 Å². The lowest BCUT2D eigenvalue weighted by Crippen LogP contribution is -2.19. The molecule has 148 valence electrons. The number of aromatic carboxylic acids is 1. The fraction of sp³-hybridized carbons (Fsp3) is 0.280. The summed E-state index contributed by atoms with van der Waals surface area (Å²) < 4.78 is 0. The number of benzene rings is 2. The van der Waals surface area contributed by atoms with Gasteiger partial charge in [0.25, 0.3) is 0 Å². The fourth-order valence-electron chi connectivity index (χ4n) is 4.19. The van der Waals surface area contributed by atoms with Gasteiger partial charge < -0.3 is 5.11 Å². The van der Waals surface area contributed by atoms with Crippen LogP contribution in [0, 0.1) is 0 Å². The minimum Gasteiger partial charge on any atom is -0.478 e. The molecule has 0 bridgehead atoms. The van der Waals surface area contributed by atoms with Gasteiger partial charge in [-0.15, -0.1) is 0 Å². The molecule has 1 aliphatic heterocycles. The molecule has 4 nitrogen and oxygen atoms in total. The van der Waals surface area contributed by atoms with Gasteiger partial charge in [0, 0.05) is 24.8 Å². The van der Waals surface area contributed by atoms with E-state index in [1.165, 1.54) is 16.7 Å². The summed E-state index contributed by atoms with van der Waals surface area (Å²) in [4.78, 5) is 18.1. The summed E-state index contributed by atoms with van der Waals surface area (Å²) in [6.45, 7) is 5.10. The highest BCUT2D eigenvalue weighted by Crippen LogP contribution is 2.31. The van der Waals surface area contributed by atoms with Crippen molar-refractivity contribution < 1.29 is 9.90 Å². The maximum Gasteiger partial charge on any atom is 0.335 e. The number of carboxylic acid groups (broad SMARTS) is 1. The normalized spacial score (nSPS) is 16.8. The summed E-state index contributed by atoms with van der Waals surface area (Å²) in [5.74, 6) is -0.375. The number of aryl methyl sites for hydroxylation is 1. The molecule has 0 aliphatic carbocycles. The Morgan fingerprint density at radius 3 is 2.69 bits per heavy atom. The molecule has 0 saturated carbocycles. The van der Waals surface area contributed by atoms with Crippen LogP contribution in [-0.2, 0) is 13.0 Å². The molecule has 1 N–H and O–H groups in total. The summed E-state index contributed by atoms with van der Waals surface area (Å²) in [6, 6.07) is 20.1. The van der Waals surface area contributed by atoms with E-state index in [-0.39, 0.29) is 0 Å². The number of carbonyl (C=O) groups is 1. The van der Waals surface area contributed by atoms with Gasteiger partial charge in [-0.2, -0.15) is 0 Å². The summed E-state index contributed by atoms with van der Waals surface area (Å²) in [5.41, 5.74) is 6.46. The van der Waals surface area contributed by atoms with E-state index in [0.717, 1.165) is 43.7 Å². The quantitative estimate of drug-likeness (QED) is 0.648. The highest BCUT2D eigenvalue weighted by atomic mass is 16.4. The van der Waals surface area contributed by atoms with Crippen molar-refractivity contribution in [1.29, 1.82) is 0 Å². The zero-order valence-electron chi connectivity index (χ0n) is 16.7. The first-order valence-electron chi connectivity index (χ1n) is 10.2. The van der Waals surface area contributed by atoms with Crippen LogP contribution in [-0.4, -0.2) is 34.0 Å². The Labute approximate surface area is 171 Å². The van der Waals surface area contributed by atoms with Crippen LogP contribution in [0.2, 0.25) is 0 Å². The van der Waals surface area contributed by atoms with E-state index in [1.54, 1.807) is 12.1 Å². The summed E-state index contributed by atoms with van der Waals surface area (Å²) in [7, 11) is 0. The third kappa shape index (κ3) is 4.38. The lowest BCUT2D eigenvalue weighted by atomic mass is 9.95. The van der Waals surface area contributed by atoms with E-state index in [4.69, 9.17) is 5.11 Å². The van der Waals surface area contributed by atoms with Crippen molar-refractivity contribution in [3.8, 4) is 11.3 Å². The SMILES string of the molecule is CCc1ccccc1-c1cc([C@@H]2CCN(Cc3ccc(C(=O)O)cc3)C2)ccn1. The molecular weight excluding hydrogens is 360 g/mol. The number of aromatic nitrogens is 1. The molecule has 4 heteroatoms. The van der Waals surface area contributed by atoms with Gasteiger partial charge in [-0.25, -0.2) is 4.79 Å². The van der Waals surface area contributed by atoms with Crippen LogP contribution in [0.4, 0.5) is 0 Å². The average Bonchev–Trinajstić information content (AvgIpc) is 3.22. The summed E-state index contributed by atoms with van der Waals surface area (Å²) in [6.07, 6.45) is 4.07. The molecule has 1 aromatic heterocycles. The number of hydrogen-bond donors (Lipinski definition) is 1. The van der Waals surface area contributed by atoms with Crippen LogP contribution in [0.1, 0.15) is 46.3 Å². The van der Waals surface area contributed by atoms with Crippen molar-refractivity contribution in [3.05, 3.63) is 89.1 Å². The minimum absolute atomic E-state index is 0.338. The van der Waals surface area contributed by atoms with Crippen LogP contribution < -0.4 is 0 Å². The molecule has 0 unspecified atom stereocenters. The Morgan fingerprint density at radius 1 is 1.14 bits per heavy atom. The Bertz CT molecular complexity index is 998. The van der Waals surface area contributed by atoms with Gasteiger partial charge in [-0.3, -0.25) is 9.88 Å². The molecular formula is C25H26N2O2. The van der Waals surface area contributed by atoms with Crippen LogP contribution in [0.5, 0.6) is 0 Å². The van der Waals surface area contributed by atoms with Crippen molar-refractivity contribution in [2.75, 3.05) is 13.1 Å². The number of carboxylic acids is 1. The largest absolute Gasteiger partial charge is 0.478 e. The van der Waals surface area contributed by atoms with Crippen LogP contribution in [0.3, 0.4) is 0 Å². The second-order valence-corrected chi connectivity index (χ2v) is 7.71. The molecule has 29 heavy (non-hydrogen) atoms. The van der Waals surface area contributed by atoms with Gasteiger partial charge in [0.05, 0.1) is 11.3 Å². The monoisotopic (exact) mass is 386 g/mol. The van der Waals surface area contributed by atoms with Gasteiger partial charge in [0.1, 0.15) is 0 Å². The molecule has 0 spiro atoms. The van der Waals surface area contributed by atoms with E-state index in [1.807, 2.05) is 18.3 Å². The predicted octanol–water partition coefficient (Wildman–Crippen LogP) is 5.00. The molecule has 1 aliphatic rings. The van der Waals surface area contributed by atoms with Crippen molar-refractivity contribution in [1.82, 2.24) is 9.88 Å². The van der Waals surface area contributed by atoms with Crippen LogP contribution in [0.15, 0.2) is 66.9 Å².